The average Bonchev–Trinajstić information content (AvgIpc) is 2.46. The van der Waals surface area contributed by atoms with Crippen LogP contribution in [0.25, 0.3) is 0 Å². The van der Waals surface area contributed by atoms with E-state index in [9.17, 15) is 4.79 Å². The van der Waals surface area contributed by atoms with Gasteiger partial charge in [-0.05, 0) is 0 Å². The van der Waals surface area contributed by atoms with Gasteiger partial charge < -0.3 is 9.84 Å². The number of aliphatic carboxylic acids is 1. The van der Waals surface area contributed by atoms with Crippen molar-refractivity contribution in [3.63, 3.8) is 0 Å². The van der Waals surface area contributed by atoms with Gasteiger partial charge in [0.1, 0.15) is 0 Å². The second kappa shape index (κ2) is 4.25. The van der Waals surface area contributed by atoms with Crippen LogP contribution in [0.15, 0.2) is 12.4 Å². The summed E-state index contributed by atoms with van der Waals surface area (Å²) in [4.78, 5) is 10.7. The Bertz CT molecular complexity index is 300. The second-order valence-electron chi connectivity index (χ2n) is 2.45. The van der Waals surface area contributed by atoms with Gasteiger partial charge >= 0.3 is 5.97 Å². The fraction of sp³-hybridized carbons (Fsp3) is 0.429. The Morgan fingerprint density at radius 1 is 1.92 bits per heavy atom. The maximum absolute atomic E-state index is 10.7. The van der Waals surface area contributed by atoms with Gasteiger partial charge in [-0.25, -0.2) is 4.79 Å². The van der Waals surface area contributed by atoms with Crippen LogP contribution in [0.5, 0.6) is 0 Å². The van der Waals surface area contributed by atoms with Crippen molar-refractivity contribution < 1.29 is 14.6 Å². The Labute approximate surface area is 79.9 Å². The normalized spacial score (nSPS) is 12.8. The number of rotatable bonds is 4. The van der Waals surface area contributed by atoms with E-state index >= 15 is 0 Å². The third kappa shape index (κ3) is 2.43. The molecule has 0 aliphatic carbocycles. The SMILES string of the molecule is COC[C@@H](C(=O)O)n1cc(Cl)cn1. The van der Waals surface area contributed by atoms with Crippen LogP contribution in [-0.4, -0.2) is 34.6 Å². The van der Waals surface area contributed by atoms with E-state index in [-0.39, 0.29) is 6.61 Å². The maximum atomic E-state index is 10.7. The van der Waals surface area contributed by atoms with Gasteiger partial charge in [0.2, 0.25) is 0 Å². The molecule has 0 unspecified atom stereocenters. The van der Waals surface area contributed by atoms with Gasteiger partial charge in [-0.15, -0.1) is 0 Å². The fourth-order valence-electron chi connectivity index (χ4n) is 0.904. The number of halogens is 1. The van der Waals surface area contributed by atoms with E-state index < -0.39 is 12.0 Å². The molecule has 1 aromatic heterocycles. The lowest BCUT2D eigenvalue weighted by molar-refractivity contribution is -0.142. The number of hydrogen-bond acceptors (Lipinski definition) is 3. The zero-order valence-corrected chi connectivity index (χ0v) is 7.73. The first-order chi connectivity index (χ1) is 6.15. The summed E-state index contributed by atoms with van der Waals surface area (Å²) in [6, 6.07) is -0.822. The second-order valence-corrected chi connectivity index (χ2v) is 2.88. The molecule has 0 aromatic carbocycles. The Hall–Kier alpha value is -1.07. The molecular formula is C7H9ClN2O3. The van der Waals surface area contributed by atoms with Gasteiger partial charge in [-0.1, -0.05) is 11.6 Å². The third-order valence-electron chi connectivity index (χ3n) is 1.50. The van der Waals surface area contributed by atoms with E-state index in [4.69, 9.17) is 21.4 Å². The largest absolute Gasteiger partial charge is 0.480 e. The smallest absolute Gasteiger partial charge is 0.330 e. The van der Waals surface area contributed by atoms with Crippen LogP contribution in [0.1, 0.15) is 6.04 Å². The lowest BCUT2D eigenvalue weighted by Crippen LogP contribution is -2.23. The summed E-state index contributed by atoms with van der Waals surface area (Å²) in [5.41, 5.74) is 0. The van der Waals surface area contributed by atoms with E-state index in [1.54, 1.807) is 0 Å². The van der Waals surface area contributed by atoms with E-state index in [0.29, 0.717) is 5.02 Å². The molecule has 5 nitrogen and oxygen atoms in total. The molecule has 0 bridgehead atoms. The van der Waals surface area contributed by atoms with Crippen LogP contribution in [0.4, 0.5) is 0 Å². The number of hydrogen-bond donors (Lipinski definition) is 1. The van der Waals surface area contributed by atoms with Crippen molar-refractivity contribution in [2.45, 2.75) is 6.04 Å². The van der Waals surface area contributed by atoms with E-state index in [1.807, 2.05) is 0 Å². The first-order valence-electron chi connectivity index (χ1n) is 3.56. The maximum Gasteiger partial charge on any atom is 0.330 e. The minimum atomic E-state index is -0.999. The van der Waals surface area contributed by atoms with Gasteiger partial charge in [0.05, 0.1) is 17.8 Å². The monoisotopic (exact) mass is 204 g/mol. The van der Waals surface area contributed by atoms with Crippen LogP contribution in [-0.2, 0) is 9.53 Å². The number of methoxy groups -OCH3 is 1. The zero-order valence-electron chi connectivity index (χ0n) is 6.98. The molecule has 1 heterocycles. The molecule has 0 radical (unpaired) electrons. The molecule has 0 amide bonds. The van der Waals surface area contributed by atoms with E-state index in [2.05, 4.69) is 5.10 Å². The average molecular weight is 205 g/mol. The summed E-state index contributed by atoms with van der Waals surface area (Å²) in [5.74, 6) is -0.999. The molecule has 1 rings (SSSR count). The molecule has 1 aromatic rings. The highest BCUT2D eigenvalue weighted by atomic mass is 35.5. The topological polar surface area (TPSA) is 64.3 Å². The zero-order chi connectivity index (χ0) is 9.84. The molecule has 0 spiro atoms. The van der Waals surface area contributed by atoms with Crippen molar-refractivity contribution in [3.05, 3.63) is 17.4 Å². The number of nitrogens with zero attached hydrogens (tertiary/aromatic N) is 2. The molecule has 0 saturated carbocycles. The Kier molecular flexibility index (Phi) is 3.27. The molecule has 0 aliphatic heterocycles. The predicted molar refractivity (Wildman–Crippen MR) is 45.8 cm³/mol. The fourth-order valence-corrected chi connectivity index (χ4v) is 1.05. The van der Waals surface area contributed by atoms with Crippen LogP contribution in [0.2, 0.25) is 5.02 Å². The minimum Gasteiger partial charge on any atom is -0.480 e. The molecule has 13 heavy (non-hydrogen) atoms. The first-order valence-corrected chi connectivity index (χ1v) is 3.94. The summed E-state index contributed by atoms with van der Waals surface area (Å²) in [6.45, 7) is 0.0628. The van der Waals surface area contributed by atoms with Gasteiger partial charge in [0.15, 0.2) is 6.04 Å². The summed E-state index contributed by atoms with van der Waals surface area (Å²) >= 11 is 5.59. The summed E-state index contributed by atoms with van der Waals surface area (Å²) in [5, 5.41) is 13.0. The first kappa shape index (κ1) is 10.0. The predicted octanol–water partition coefficient (Wildman–Crippen LogP) is 0.809. The highest BCUT2D eigenvalue weighted by Crippen LogP contribution is 2.11. The minimum absolute atomic E-state index is 0.0628. The van der Waals surface area contributed by atoms with Crippen molar-refractivity contribution in [3.8, 4) is 0 Å². The summed E-state index contributed by atoms with van der Waals surface area (Å²) in [6.07, 6.45) is 2.83. The van der Waals surface area contributed by atoms with Crippen molar-refractivity contribution in [1.29, 1.82) is 0 Å². The molecule has 0 saturated heterocycles. The Morgan fingerprint density at radius 2 is 2.62 bits per heavy atom. The van der Waals surface area contributed by atoms with Crippen molar-refractivity contribution in [2.24, 2.45) is 0 Å². The van der Waals surface area contributed by atoms with Gasteiger partial charge in [-0.2, -0.15) is 5.10 Å². The van der Waals surface area contributed by atoms with Crippen molar-refractivity contribution in [2.75, 3.05) is 13.7 Å². The number of carboxylic acid groups (broad SMARTS) is 1. The van der Waals surface area contributed by atoms with E-state index in [0.717, 1.165) is 0 Å². The quantitative estimate of drug-likeness (QED) is 0.788. The van der Waals surface area contributed by atoms with Crippen LogP contribution < -0.4 is 0 Å². The number of carboxylic acids is 1. The standard InChI is InChI=1S/C7H9ClN2O3/c1-13-4-6(7(11)12)10-3-5(8)2-9-10/h2-3,6H,4H2,1H3,(H,11,12)/t6-/m0/s1. The number of ether oxygens (including phenoxy) is 1. The Morgan fingerprint density at radius 3 is 3.00 bits per heavy atom. The molecule has 72 valence electrons. The van der Waals surface area contributed by atoms with Crippen LogP contribution >= 0.6 is 11.6 Å². The van der Waals surface area contributed by atoms with Gasteiger partial charge in [0, 0.05) is 13.3 Å². The van der Waals surface area contributed by atoms with Crippen molar-refractivity contribution >= 4 is 17.6 Å². The van der Waals surface area contributed by atoms with Gasteiger partial charge in [0.25, 0.3) is 0 Å². The molecule has 0 fully saturated rings. The Balaban J connectivity index is 2.81. The lowest BCUT2D eigenvalue weighted by atomic mass is 10.3. The molecule has 1 atom stereocenters. The van der Waals surface area contributed by atoms with Gasteiger partial charge in [-0.3, -0.25) is 4.68 Å². The van der Waals surface area contributed by atoms with Crippen LogP contribution in [0.3, 0.4) is 0 Å². The summed E-state index contributed by atoms with van der Waals surface area (Å²) in [7, 11) is 1.43. The van der Waals surface area contributed by atoms with Crippen LogP contribution in [0, 0.1) is 0 Å². The molecular weight excluding hydrogens is 196 g/mol. The molecule has 1 N–H and O–H groups in total. The summed E-state index contributed by atoms with van der Waals surface area (Å²) < 4.78 is 6.00. The molecule has 6 heteroatoms. The van der Waals surface area contributed by atoms with Crippen molar-refractivity contribution in [1.82, 2.24) is 9.78 Å². The van der Waals surface area contributed by atoms with E-state index in [1.165, 1.54) is 24.2 Å². The third-order valence-corrected chi connectivity index (χ3v) is 1.69. The lowest BCUT2D eigenvalue weighted by Gasteiger charge is -2.10. The highest BCUT2D eigenvalue weighted by molar-refractivity contribution is 6.30. The number of aromatic nitrogens is 2. The highest BCUT2D eigenvalue weighted by Gasteiger charge is 2.19. The number of carbonyl (C=O) groups is 1. The molecule has 0 aliphatic rings.